The number of rotatable bonds is 5. The van der Waals surface area contributed by atoms with Crippen LogP contribution in [0.3, 0.4) is 0 Å². The van der Waals surface area contributed by atoms with Gasteiger partial charge in [-0.25, -0.2) is 0 Å². The van der Waals surface area contributed by atoms with Gasteiger partial charge < -0.3 is 15.7 Å². The minimum atomic E-state index is -0.950. The van der Waals surface area contributed by atoms with Crippen LogP contribution in [0.2, 0.25) is 0 Å². The summed E-state index contributed by atoms with van der Waals surface area (Å²) in [5.74, 6) is -1.87. The number of hydrogen-bond donors (Lipinski definition) is 3. The van der Waals surface area contributed by atoms with Gasteiger partial charge in [-0.1, -0.05) is 13.0 Å². The number of carbonyl (C=O) groups is 2. The van der Waals surface area contributed by atoms with Crippen molar-refractivity contribution >= 4 is 23.2 Å². The van der Waals surface area contributed by atoms with Crippen molar-refractivity contribution in [1.82, 2.24) is 5.32 Å². The van der Waals surface area contributed by atoms with Gasteiger partial charge in [-0.15, -0.1) is 0 Å². The van der Waals surface area contributed by atoms with Crippen LogP contribution < -0.4 is 10.6 Å². The zero-order chi connectivity index (χ0) is 16.0. The molecule has 0 aromatic heterocycles. The number of amides is 2. The second-order valence-electron chi connectivity index (χ2n) is 4.47. The fourth-order valence-electron chi connectivity index (χ4n) is 1.62. The molecular formula is C13H17N3O5. The fourth-order valence-corrected chi connectivity index (χ4v) is 1.62. The summed E-state index contributed by atoms with van der Waals surface area (Å²) in [6.45, 7) is 3.19. The van der Waals surface area contributed by atoms with E-state index in [9.17, 15) is 19.7 Å². The Bertz CT molecular complexity index is 557. The Morgan fingerprint density at radius 2 is 2.05 bits per heavy atom. The standard InChI is InChI=1S/C13H17N3O5/c1-3-9-4-5-10(6-11(9)16(20)21)15-13(19)12(18)14-7-8(2)17/h4-6,8,17H,3,7H2,1-2H3,(H,14,18)(H,15,19). The van der Waals surface area contributed by atoms with Crippen LogP contribution in [0.4, 0.5) is 11.4 Å². The van der Waals surface area contributed by atoms with Crippen molar-refractivity contribution in [2.75, 3.05) is 11.9 Å². The highest BCUT2D eigenvalue weighted by Crippen LogP contribution is 2.23. The van der Waals surface area contributed by atoms with Crippen LogP contribution in [0.5, 0.6) is 0 Å². The number of aliphatic hydroxyl groups excluding tert-OH is 1. The second kappa shape index (κ2) is 7.34. The summed E-state index contributed by atoms with van der Waals surface area (Å²) in [6, 6.07) is 4.23. The van der Waals surface area contributed by atoms with Crippen LogP contribution in [-0.2, 0) is 16.0 Å². The van der Waals surface area contributed by atoms with Crippen molar-refractivity contribution in [3.8, 4) is 0 Å². The molecule has 1 aromatic carbocycles. The average molecular weight is 295 g/mol. The summed E-state index contributed by atoms with van der Waals surface area (Å²) in [5, 5.41) is 24.4. The van der Waals surface area contributed by atoms with E-state index in [1.165, 1.54) is 25.1 Å². The van der Waals surface area contributed by atoms with Gasteiger partial charge in [0.05, 0.1) is 11.0 Å². The molecule has 0 bridgehead atoms. The summed E-state index contributed by atoms with van der Waals surface area (Å²) < 4.78 is 0. The van der Waals surface area contributed by atoms with Gasteiger partial charge in [-0.2, -0.15) is 0 Å². The van der Waals surface area contributed by atoms with Crippen molar-refractivity contribution in [2.24, 2.45) is 0 Å². The van der Waals surface area contributed by atoms with Crippen LogP contribution >= 0.6 is 0 Å². The molecule has 8 nitrogen and oxygen atoms in total. The maximum absolute atomic E-state index is 11.6. The lowest BCUT2D eigenvalue weighted by Crippen LogP contribution is -2.38. The molecule has 1 rings (SSSR count). The normalized spacial score (nSPS) is 11.6. The molecule has 0 aliphatic heterocycles. The number of anilines is 1. The van der Waals surface area contributed by atoms with Crippen molar-refractivity contribution in [2.45, 2.75) is 26.4 Å². The molecule has 0 heterocycles. The van der Waals surface area contributed by atoms with E-state index >= 15 is 0 Å². The predicted molar refractivity (Wildman–Crippen MR) is 75.8 cm³/mol. The highest BCUT2D eigenvalue weighted by Gasteiger charge is 2.17. The quantitative estimate of drug-likeness (QED) is 0.417. The van der Waals surface area contributed by atoms with E-state index in [1.54, 1.807) is 6.92 Å². The maximum Gasteiger partial charge on any atom is 0.313 e. The lowest BCUT2D eigenvalue weighted by atomic mass is 10.1. The number of carbonyl (C=O) groups excluding carboxylic acids is 2. The third kappa shape index (κ3) is 4.84. The minimum absolute atomic E-state index is 0.0544. The number of nitro benzene ring substituents is 1. The van der Waals surface area contributed by atoms with Crippen LogP contribution in [0.25, 0.3) is 0 Å². The largest absolute Gasteiger partial charge is 0.392 e. The number of benzene rings is 1. The molecule has 21 heavy (non-hydrogen) atoms. The third-order valence-electron chi connectivity index (χ3n) is 2.69. The molecule has 0 aliphatic rings. The Morgan fingerprint density at radius 1 is 1.38 bits per heavy atom. The summed E-state index contributed by atoms with van der Waals surface area (Å²) in [5.41, 5.74) is 0.590. The Hall–Kier alpha value is -2.48. The highest BCUT2D eigenvalue weighted by molar-refractivity contribution is 6.39. The molecule has 0 aliphatic carbocycles. The van der Waals surface area contributed by atoms with E-state index in [4.69, 9.17) is 5.11 Å². The average Bonchev–Trinajstić information content (AvgIpc) is 2.44. The Balaban J connectivity index is 2.79. The van der Waals surface area contributed by atoms with Gasteiger partial charge in [0.15, 0.2) is 0 Å². The van der Waals surface area contributed by atoms with Crippen LogP contribution in [0.15, 0.2) is 18.2 Å². The summed E-state index contributed by atoms with van der Waals surface area (Å²) in [7, 11) is 0. The van der Waals surface area contributed by atoms with E-state index < -0.39 is 22.8 Å². The van der Waals surface area contributed by atoms with E-state index in [0.717, 1.165) is 0 Å². The molecule has 1 atom stereocenters. The zero-order valence-electron chi connectivity index (χ0n) is 11.8. The lowest BCUT2D eigenvalue weighted by molar-refractivity contribution is -0.385. The first-order chi connectivity index (χ1) is 9.85. The first-order valence-corrected chi connectivity index (χ1v) is 6.39. The van der Waals surface area contributed by atoms with E-state index in [1.807, 2.05) is 0 Å². The summed E-state index contributed by atoms with van der Waals surface area (Å²) in [4.78, 5) is 33.4. The van der Waals surface area contributed by atoms with Crippen LogP contribution in [-0.4, -0.2) is 34.5 Å². The van der Waals surface area contributed by atoms with Gasteiger partial charge in [-0.05, 0) is 19.4 Å². The summed E-state index contributed by atoms with van der Waals surface area (Å²) >= 11 is 0. The molecule has 8 heteroatoms. The number of aliphatic hydroxyl groups is 1. The topological polar surface area (TPSA) is 122 Å². The first kappa shape index (κ1) is 16.6. The van der Waals surface area contributed by atoms with E-state index in [0.29, 0.717) is 12.0 Å². The molecule has 0 saturated carbocycles. The fraction of sp³-hybridized carbons (Fsp3) is 0.385. The van der Waals surface area contributed by atoms with Crippen LogP contribution in [0, 0.1) is 10.1 Å². The van der Waals surface area contributed by atoms with Crippen molar-refractivity contribution in [3.63, 3.8) is 0 Å². The van der Waals surface area contributed by atoms with Gasteiger partial charge in [0.2, 0.25) is 0 Å². The number of hydrogen-bond acceptors (Lipinski definition) is 5. The van der Waals surface area contributed by atoms with Gasteiger partial charge in [0.25, 0.3) is 5.69 Å². The number of aryl methyl sites for hydroxylation is 1. The molecule has 1 unspecified atom stereocenters. The second-order valence-corrected chi connectivity index (χ2v) is 4.47. The molecule has 114 valence electrons. The Kier molecular flexibility index (Phi) is 5.79. The van der Waals surface area contributed by atoms with Crippen molar-refractivity contribution < 1.29 is 19.6 Å². The maximum atomic E-state index is 11.6. The molecule has 0 saturated heterocycles. The van der Waals surface area contributed by atoms with E-state index in [-0.39, 0.29) is 17.9 Å². The summed E-state index contributed by atoms with van der Waals surface area (Å²) in [6.07, 6.45) is -0.286. The monoisotopic (exact) mass is 295 g/mol. The number of nitro groups is 1. The zero-order valence-corrected chi connectivity index (χ0v) is 11.8. The Morgan fingerprint density at radius 3 is 2.57 bits per heavy atom. The molecular weight excluding hydrogens is 278 g/mol. The Labute approximate surface area is 121 Å². The van der Waals surface area contributed by atoms with Crippen molar-refractivity contribution in [1.29, 1.82) is 0 Å². The molecule has 0 fully saturated rings. The molecule has 0 spiro atoms. The van der Waals surface area contributed by atoms with Crippen molar-refractivity contribution in [3.05, 3.63) is 33.9 Å². The van der Waals surface area contributed by atoms with Gasteiger partial charge in [0.1, 0.15) is 0 Å². The molecule has 1 aromatic rings. The molecule has 3 N–H and O–H groups in total. The third-order valence-corrected chi connectivity index (χ3v) is 2.69. The molecule has 2 amide bonds. The van der Waals surface area contributed by atoms with E-state index in [2.05, 4.69) is 10.6 Å². The predicted octanol–water partition coefficient (Wildman–Crippen LogP) is 0.593. The smallest absolute Gasteiger partial charge is 0.313 e. The van der Waals surface area contributed by atoms with Gasteiger partial charge in [0, 0.05) is 23.9 Å². The van der Waals surface area contributed by atoms with Gasteiger partial charge in [-0.3, -0.25) is 19.7 Å². The van der Waals surface area contributed by atoms with Gasteiger partial charge >= 0.3 is 11.8 Å². The lowest BCUT2D eigenvalue weighted by Gasteiger charge is -2.08. The number of nitrogens with zero attached hydrogens (tertiary/aromatic N) is 1. The number of nitrogens with one attached hydrogen (secondary N) is 2. The van der Waals surface area contributed by atoms with Crippen LogP contribution in [0.1, 0.15) is 19.4 Å². The molecule has 0 radical (unpaired) electrons. The highest BCUT2D eigenvalue weighted by atomic mass is 16.6. The first-order valence-electron chi connectivity index (χ1n) is 6.39. The SMILES string of the molecule is CCc1ccc(NC(=O)C(=O)NCC(C)O)cc1[N+](=O)[O-]. The minimum Gasteiger partial charge on any atom is -0.392 e.